The number of rotatable bonds is 3. The van der Waals surface area contributed by atoms with Gasteiger partial charge in [0, 0.05) is 23.1 Å². The predicted molar refractivity (Wildman–Crippen MR) is 85.0 cm³/mol. The van der Waals surface area contributed by atoms with E-state index in [0.29, 0.717) is 0 Å². The number of hydrogen-bond acceptors (Lipinski definition) is 2. The van der Waals surface area contributed by atoms with E-state index in [1.807, 2.05) is 43.3 Å². The van der Waals surface area contributed by atoms with E-state index in [0.717, 1.165) is 28.5 Å². The Morgan fingerprint density at radius 2 is 1.76 bits per heavy atom. The maximum atomic E-state index is 5.33. The van der Waals surface area contributed by atoms with Crippen LogP contribution in [0.4, 0.5) is 0 Å². The molecule has 0 unspecified atom stereocenters. The maximum absolute atomic E-state index is 5.33. The van der Waals surface area contributed by atoms with Crippen molar-refractivity contribution in [1.29, 1.82) is 0 Å². The minimum Gasteiger partial charge on any atom is -0.497 e. The summed E-state index contributed by atoms with van der Waals surface area (Å²) >= 11 is 0. The third-order valence-corrected chi connectivity index (χ3v) is 3.54. The van der Waals surface area contributed by atoms with Crippen LogP contribution in [0.3, 0.4) is 0 Å². The van der Waals surface area contributed by atoms with Gasteiger partial charge in [0.25, 0.3) is 0 Å². The Balaban J connectivity index is 2.17. The molecule has 2 heterocycles. The molecule has 0 radical (unpaired) electrons. The van der Waals surface area contributed by atoms with E-state index in [1.165, 1.54) is 5.69 Å². The van der Waals surface area contributed by atoms with Crippen LogP contribution in [0, 0.1) is 13.8 Å². The minimum absolute atomic E-state index is 0.851. The molecule has 0 fully saturated rings. The summed E-state index contributed by atoms with van der Waals surface area (Å²) < 4.78 is 7.53. The number of methoxy groups -OCH3 is 1. The van der Waals surface area contributed by atoms with Gasteiger partial charge in [0.15, 0.2) is 0 Å². The Hall–Kier alpha value is -2.55. The van der Waals surface area contributed by atoms with Gasteiger partial charge >= 0.3 is 0 Å². The van der Waals surface area contributed by atoms with E-state index < -0.39 is 0 Å². The van der Waals surface area contributed by atoms with Crippen LogP contribution >= 0.6 is 0 Å². The van der Waals surface area contributed by atoms with Crippen LogP contribution in [0.25, 0.3) is 17.1 Å². The van der Waals surface area contributed by atoms with Gasteiger partial charge in [0.2, 0.25) is 0 Å². The summed E-state index contributed by atoms with van der Waals surface area (Å²) in [7, 11) is 1.69. The number of benzene rings is 1. The van der Waals surface area contributed by atoms with Gasteiger partial charge in [0.1, 0.15) is 5.75 Å². The smallest absolute Gasteiger partial charge is 0.120 e. The quantitative estimate of drug-likeness (QED) is 0.719. The SMILES string of the molecule is COc1cccc(-n2c(C)ccc2-c2cccc(C)n2)c1. The molecule has 0 atom stereocenters. The van der Waals surface area contributed by atoms with E-state index in [1.54, 1.807) is 7.11 Å². The first-order valence-corrected chi connectivity index (χ1v) is 6.96. The standard InChI is InChI=1S/C18H18N2O/c1-13-6-4-9-17(19-13)18-11-10-14(2)20(18)15-7-5-8-16(12-15)21-3/h4-12H,1-3H3. The average Bonchev–Trinajstić information content (AvgIpc) is 2.89. The molecule has 0 aliphatic carbocycles. The van der Waals surface area contributed by atoms with Crippen LogP contribution in [0.2, 0.25) is 0 Å². The largest absolute Gasteiger partial charge is 0.497 e. The molecule has 0 N–H and O–H groups in total. The van der Waals surface area contributed by atoms with Crippen molar-refractivity contribution in [3.8, 4) is 22.8 Å². The Morgan fingerprint density at radius 1 is 0.952 bits per heavy atom. The molecule has 1 aromatic carbocycles. The molecule has 3 aromatic rings. The van der Waals surface area contributed by atoms with Gasteiger partial charge in [-0.3, -0.25) is 4.98 Å². The van der Waals surface area contributed by atoms with Crippen LogP contribution in [0.1, 0.15) is 11.4 Å². The third-order valence-electron chi connectivity index (χ3n) is 3.54. The van der Waals surface area contributed by atoms with E-state index in [2.05, 4.69) is 34.7 Å². The highest BCUT2D eigenvalue weighted by molar-refractivity contribution is 5.61. The van der Waals surface area contributed by atoms with Crippen LogP contribution in [0.5, 0.6) is 5.75 Å². The van der Waals surface area contributed by atoms with Crippen LogP contribution < -0.4 is 4.74 Å². The zero-order chi connectivity index (χ0) is 14.8. The third kappa shape index (κ3) is 2.55. The molecular weight excluding hydrogens is 260 g/mol. The second-order valence-electron chi connectivity index (χ2n) is 5.06. The van der Waals surface area contributed by atoms with E-state index in [4.69, 9.17) is 4.74 Å². The van der Waals surface area contributed by atoms with Crippen LogP contribution in [-0.2, 0) is 0 Å². The highest BCUT2D eigenvalue weighted by Gasteiger charge is 2.11. The summed E-state index contributed by atoms with van der Waals surface area (Å²) in [5.74, 6) is 0.851. The molecule has 0 saturated heterocycles. The van der Waals surface area contributed by atoms with Gasteiger partial charge in [0.05, 0.1) is 18.5 Å². The molecule has 0 saturated carbocycles. The highest BCUT2D eigenvalue weighted by atomic mass is 16.5. The minimum atomic E-state index is 0.851. The summed E-state index contributed by atoms with van der Waals surface area (Å²) in [4.78, 5) is 4.63. The van der Waals surface area contributed by atoms with E-state index in [-0.39, 0.29) is 0 Å². The summed E-state index contributed by atoms with van der Waals surface area (Å²) in [5, 5.41) is 0. The molecule has 0 aliphatic heterocycles. The Morgan fingerprint density at radius 3 is 2.52 bits per heavy atom. The summed E-state index contributed by atoms with van der Waals surface area (Å²) in [6, 6.07) is 18.4. The molecule has 0 bridgehead atoms. The van der Waals surface area contributed by atoms with Gasteiger partial charge in [-0.15, -0.1) is 0 Å². The van der Waals surface area contributed by atoms with Crippen molar-refractivity contribution in [1.82, 2.24) is 9.55 Å². The van der Waals surface area contributed by atoms with Crippen LogP contribution in [-0.4, -0.2) is 16.7 Å². The van der Waals surface area contributed by atoms with Crippen molar-refractivity contribution in [3.05, 3.63) is 66.0 Å². The van der Waals surface area contributed by atoms with Crippen molar-refractivity contribution >= 4 is 0 Å². The molecule has 3 heteroatoms. The first-order chi connectivity index (χ1) is 10.2. The molecule has 0 amide bonds. The van der Waals surface area contributed by atoms with Crippen molar-refractivity contribution in [3.63, 3.8) is 0 Å². The first-order valence-electron chi connectivity index (χ1n) is 6.96. The molecule has 106 valence electrons. The molecule has 21 heavy (non-hydrogen) atoms. The molecule has 2 aromatic heterocycles. The van der Waals surface area contributed by atoms with Gasteiger partial charge in [-0.05, 0) is 50.2 Å². The van der Waals surface area contributed by atoms with Gasteiger partial charge in [-0.25, -0.2) is 0 Å². The first kappa shape index (κ1) is 13.4. The lowest BCUT2D eigenvalue weighted by molar-refractivity contribution is 0.414. The lowest BCUT2D eigenvalue weighted by atomic mass is 10.2. The van der Waals surface area contributed by atoms with Crippen molar-refractivity contribution in [2.45, 2.75) is 13.8 Å². The molecule has 3 rings (SSSR count). The Bertz CT molecular complexity index is 774. The lowest BCUT2D eigenvalue weighted by Crippen LogP contribution is -2.00. The predicted octanol–water partition coefficient (Wildman–Crippen LogP) is 4.16. The van der Waals surface area contributed by atoms with Crippen molar-refractivity contribution < 1.29 is 4.74 Å². The topological polar surface area (TPSA) is 27.1 Å². The van der Waals surface area contributed by atoms with Gasteiger partial charge in [-0.1, -0.05) is 12.1 Å². The van der Waals surface area contributed by atoms with E-state index >= 15 is 0 Å². The number of aromatic nitrogens is 2. The summed E-state index contributed by atoms with van der Waals surface area (Å²) in [5.41, 5.74) is 5.33. The lowest BCUT2D eigenvalue weighted by Gasteiger charge is -2.13. The molecule has 0 spiro atoms. The number of nitrogens with zero attached hydrogens (tertiary/aromatic N) is 2. The number of hydrogen-bond donors (Lipinski definition) is 0. The average molecular weight is 278 g/mol. The molecular formula is C18H18N2O. The molecule has 3 nitrogen and oxygen atoms in total. The fourth-order valence-corrected chi connectivity index (χ4v) is 2.52. The highest BCUT2D eigenvalue weighted by Crippen LogP contribution is 2.27. The molecule has 0 aliphatic rings. The normalized spacial score (nSPS) is 10.6. The van der Waals surface area contributed by atoms with Crippen molar-refractivity contribution in [2.75, 3.05) is 7.11 Å². The second kappa shape index (κ2) is 5.44. The number of ether oxygens (including phenoxy) is 1. The maximum Gasteiger partial charge on any atom is 0.120 e. The monoisotopic (exact) mass is 278 g/mol. The Kier molecular flexibility index (Phi) is 3.48. The van der Waals surface area contributed by atoms with Gasteiger partial charge < -0.3 is 9.30 Å². The van der Waals surface area contributed by atoms with Crippen LogP contribution in [0.15, 0.2) is 54.6 Å². The van der Waals surface area contributed by atoms with E-state index in [9.17, 15) is 0 Å². The zero-order valence-electron chi connectivity index (χ0n) is 12.5. The fraction of sp³-hybridized carbons (Fsp3) is 0.167. The summed E-state index contributed by atoms with van der Waals surface area (Å²) in [6.45, 7) is 4.11. The second-order valence-corrected chi connectivity index (χ2v) is 5.06. The number of pyridine rings is 1. The fourth-order valence-electron chi connectivity index (χ4n) is 2.52. The Labute approximate surface area is 124 Å². The number of aryl methyl sites for hydroxylation is 2. The zero-order valence-corrected chi connectivity index (χ0v) is 12.5. The van der Waals surface area contributed by atoms with Gasteiger partial charge in [-0.2, -0.15) is 0 Å². The van der Waals surface area contributed by atoms with Crippen molar-refractivity contribution in [2.24, 2.45) is 0 Å². The summed E-state index contributed by atoms with van der Waals surface area (Å²) in [6.07, 6.45) is 0.